The number of halogens is 1. The fourth-order valence-electron chi connectivity index (χ4n) is 2.65. The van der Waals surface area contributed by atoms with Crippen molar-refractivity contribution in [3.63, 3.8) is 0 Å². The Balaban J connectivity index is 2.02. The van der Waals surface area contributed by atoms with Gasteiger partial charge in [0.15, 0.2) is 18.1 Å². The van der Waals surface area contributed by atoms with Gasteiger partial charge in [0, 0.05) is 34.9 Å². The van der Waals surface area contributed by atoms with Crippen molar-refractivity contribution in [2.45, 2.75) is 39.8 Å². The summed E-state index contributed by atoms with van der Waals surface area (Å²) in [6.45, 7) is 7.66. The van der Waals surface area contributed by atoms with Crippen LogP contribution in [0, 0.1) is 0 Å². The van der Waals surface area contributed by atoms with E-state index in [0.29, 0.717) is 18.0 Å². The van der Waals surface area contributed by atoms with E-state index in [0.717, 1.165) is 21.4 Å². The molecule has 8 heteroatoms. The summed E-state index contributed by atoms with van der Waals surface area (Å²) in [6, 6.07) is 11.1. The summed E-state index contributed by atoms with van der Waals surface area (Å²) in [7, 11) is 1.56. The molecule has 0 aliphatic carbocycles. The molecule has 0 fully saturated rings. The van der Waals surface area contributed by atoms with Gasteiger partial charge in [-0.2, -0.15) is 0 Å². The summed E-state index contributed by atoms with van der Waals surface area (Å²) in [4.78, 5) is 23.1. The van der Waals surface area contributed by atoms with Gasteiger partial charge in [0.1, 0.15) is 0 Å². The SMILES string of the molecule is COc1cc(CNc2ccc(NC(C)=O)cc2)c(Br)cc1OCC(=O)NC(C)(C)C. The summed E-state index contributed by atoms with van der Waals surface area (Å²) in [6.07, 6.45) is 0. The predicted molar refractivity (Wildman–Crippen MR) is 122 cm³/mol. The van der Waals surface area contributed by atoms with Crippen LogP contribution >= 0.6 is 15.9 Å². The second-order valence-electron chi connectivity index (χ2n) is 7.79. The third-order valence-electron chi connectivity index (χ3n) is 3.89. The van der Waals surface area contributed by atoms with Gasteiger partial charge in [-0.05, 0) is 62.7 Å². The number of benzene rings is 2. The first-order chi connectivity index (χ1) is 14.1. The minimum atomic E-state index is -0.318. The van der Waals surface area contributed by atoms with Crippen molar-refractivity contribution in [1.29, 1.82) is 0 Å². The summed E-state index contributed by atoms with van der Waals surface area (Å²) >= 11 is 3.56. The molecule has 2 rings (SSSR count). The van der Waals surface area contributed by atoms with Crippen molar-refractivity contribution >= 4 is 39.1 Å². The number of amides is 2. The Morgan fingerprint density at radius 2 is 1.67 bits per heavy atom. The van der Waals surface area contributed by atoms with Crippen LogP contribution in [0.4, 0.5) is 11.4 Å². The molecule has 3 N–H and O–H groups in total. The molecule has 0 saturated carbocycles. The third-order valence-corrected chi connectivity index (χ3v) is 4.63. The van der Waals surface area contributed by atoms with Crippen molar-refractivity contribution < 1.29 is 19.1 Å². The molecule has 2 aromatic carbocycles. The zero-order chi connectivity index (χ0) is 22.3. The smallest absolute Gasteiger partial charge is 0.258 e. The van der Waals surface area contributed by atoms with Crippen LogP contribution in [0.3, 0.4) is 0 Å². The zero-order valence-corrected chi connectivity index (χ0v) is 19.5. The first kappa shape index (κ1) is 23.5. The lowest BCUT2D eigenvalue weighted by Crippen LogP contribution is -2.43. The second kappa shape index (κ2) is 10.3. The molecular formula is C22H28BrN3O4. The Morgan fingerprint density at radius 3 is 2.23 bits per heavy atom. The zero-order valence-electron chi connectivity index (χ0n) is 17.9. The van der Waals surface area contributed by atoms with Crippen LogP contribution in [-0.4, -0.2) is 31.1 Å². The molecule has 0 aliphatic rings. The Morgan fingerprint density at radius 1 is 1.03 bits per heavy atom. The molecule has 0 spiro atoms. The molecule has 0 saturated heterocycles. The molecule has 0 atom stereocenters. The summed E-state index contributed by atoms with van der Waals surface area (Å²) in [5.74, 6) is 0.718. The molecule has 0 unspecified atom stereocenters. The molecular weight excluding hydrogens is 450 g/mol. The summed E-state index contributed by atoms with van der Waals surface area (Å²) in [5.41, 5.74) is 2.30. The number of rotatable bonds is 8. The van der Waals surface area contributed by atoms with Crippen LogP contribution in [0.2, 0.25) is 0 Å². The molecule has 2 aromatic rings. The Labute approximate surface area is 185 Å². The van der Waals surface area contributed by atoms with Gasteiger partial charge < -0.3 is 25.4 Å². The molecule has 7 nitrogen and oxygen atoms in total. The van der Waals surface area contributed by atoms with Crippen LogP contribution in [0.25, 0.3) is 0 Å². The minimum absolute atomic E-state index is 0.0989. The van der Waals surface area contributed by atoms with E-state index in [9.17, 15) is 9.59 Å². The van der Waals surface area contributed by atoms with Crippen molar-refractivity contribution in [2.24, 2.45) is 0 Å². The van der Waals surface area contributed by atoms with Gasteiger partial charge in [0.05, 0.1) is 7.11 Å². The highest BCUT2D eigenvalue weighted by molar-refractivity contribution is 9.10. The second-order valence-corrected chi connectivity index (χ2v) is 8.65. The predicted octanol–water partition coefficient (Wildman–Crippen LogP) is 4.32. The van der Waals surface area contributed by atoms with Crippen LogP contribution in [0.5, 0.6) is 11.5 Å². The highest BCUT2D eigenvalue weighted by atomic mass is 79.9. The van der Waals surface area contributed by atoms with E-state index < -0.39 is 0 Å². The Bertz CT molecular complexity index is 892. The number of hydrogen-bond donors (Lipinski definition) is 3. The van der Waals surface area contributed by atoms with Crippen molar-refractivity contribution in [2.75, 3.05) is 24.4 Å². The average molecular weight is 478 g/mol. The highest BCUT2D eigenvalue weighted by Crippen LogP contribution is 2.34. The van der Waals surface area contributed by atoms with E-state index in [1.807, 2.05) is 51.1 Å². The standard InChI is InChI=1S/C22H28BrN3O4/c1-14(27)25-17-8-6-16(7-9-17)24-12-15-10-19(29-5)20(11-18(15)23)30-13-21(28)26-22(2,3)4/h6-11,24H,12-13H2,1-5H3,(H,25,27)(H,26,28). The van der Waals surface area contributed by atoms with E-state index >= 15 is 0 Å². The van der Waals surface area contributed by atoms with E-state index in [4.69, 9.17) is 9.47 Å². The van der Waals surface area contributed by atoms with E-state index in [-0.39, 0.29) is 24.0 Å². The van der Waals surface area contributed by atoms with Gasteiger partial charge >= 0.3 is 0 Å². The first-order valence-corrected chi connectivity index (χ1v) is 10.3. The largest absolute Gasteiger partial charge is 0.493 e. The Hall–Kier alpha value is -2.74. The molecule has 162 valence electrons. The van der Waals surface area contributed by atoms with Gasteiger partial charge in [0.25, 0.3) is 5.91 Å². The fourth-order valence-corrected chi connectivity index (χ4v) is 3.12. The quantitative estimate of drug-likeness (QED) is 0.526. The molecule has 0 radical (unpaired) electrons. The monoisotopic (exact) mass is 477 g/mol. The number of carbonyl (C=O) groups is 2. The van der Waals surface area contributed by atoms with Crippen LogP contribution < -0.4 is 25.4 Å². The minimum Gasteiger partial charge on any atom is -0.493 e. The summed E-state index contributed by atoms with van der Waals surface area (Å²) in [5, 5.41) is 8.92. The topological polar surface area (TPSA) is 88.7 Å². The molecule has 0 aromatic heterocycles. The van der Waals surface area contributed by atoms with Crippen molar-refractivity contribution in [3.05, 3.63) is 46.4 Å². The van der Waals surface area contributed by atoms with E-state index in [1.165, 1.54) is 6.92 Å². The third kappa shape index (κ3) is 7.59. The maximum absolute atomic E-state index is 12.0. The summed E-state index contributed by atoms with van der Waals surface area (Å²) < 4.78 is 11.9. The number of anilines is 2. The highest BCUT2D eigenvalue weighted by Gasteiger charge is 2.16. The molecule has 0 bridgehead atoms. The lowest BCUT2D eigenvalue weighted by atomic mass is 10.1. The lowest BCUT2D eigenvalue weighted by Gasteiger charge is -2.21. The number of methoxy groups -OCH3 is 1. The first-order valence-electron chi connectivity index (χ1n) is 9.49. The van der Waals surface area contributed by atoms with Gasteiger partial charge in [0.2, 0.25) is 5.91 Å². The van der Waals surface area contributed by atoms with Crippen LogP contribution in [-0.2, 0) is 16.1 Å². The fraction of sp³-hybridized carbons (Fsp3) is 0.364. The van der Waals surface area contributed by atoms with Gasteiger partial charge in [-0.1, -0.05) is 15.9 Å². The average Bonchev–Trinajstić information content (AvgIpc) is 2.65. The number of ether oxygens (including phenoxy) is 2. The van der Waals surface area contributed by atoms with Gasteiger partial charge in [-0.25, -0.2) is 0 Å². The van der Waals surface area contributed by atoms with Crippen LogP contribution in [0.15, 0.2) is 40.9 Å². The normalized spacial score (nSPS) is 10.9. The molecule has 2 amide bonds. The number of hydrogen-bond acceptors (Lipinski definition) is 5. The van der Waals surface area contributed by atoms with Gasteiger partial charge in [-0.15, -0.1) is 0 Å². The number of nitrogens with one attached hydrogen (secondary N) is 3. The van der Waals surface area contributed by atoms with Crippen LogP contribution in [0.1, 0.15) is 33.3 Å². The molecule has 0 heterocycles. The maximum Gasteiger partial charge on any atom is 0.258 e. The van der Waals surface area contributed by atoms with Crippen molar-refractivity contribution in [3.8, 4) is 11.5 Å². The maximum atomic E-state index is 12.0. The van der Waals surface area contributed by atoms with Gasteiger partial charge in [-0.3, -0.25) is 9.59 Å². The van der Waals surface area contributed by atoms with Crippen molar-refractivity contribution in [1.82, 2.24) is 5.32 Å². The van der Waals surface area contributed by atoms with E-state index in [1.54, 1.807) is 13.2 Å². The molecule has 0 aliphatic heterocycles. The molecule has 30 heavy (non-hydrogen) atoms. The Kier molecular flexibility index (Phi) is 8.11. The number of carbonyl (C=O) groups excluding carboxylic acids is 2. The van der Waals surface area contributed by atoms with E-state index in [2.05, 4.69) is 31.9 Å². The lowest BCUT2D eigenvalue weighted by molar-refractivity contribution is -0.124.